The zero-order chi connectivity index (χ0) is 13.1. The van der Waals surface area contributed by atoms with Crippen molar-refractivity contribution in [2.45, 2.75) is 25.8 Å². The predicted octanol–water partition coefficient (Wildman–Crippen LogP) is 3.99. The van der Waals surface area contributed by atoms with Crippen molar-refractivity contribution < 1.29 is 8.81 Å². The first-order valence-electron chi connectivity index (χ1n) is 5.88. The van der Waals surface area contributed by atoms with Crippen LogP contribution in [0.1, 0.15) is 30.0 Å². The number of hydrogen-bond acceptors (Lipinski definition) is 2. The summed E-state index contributed by atoms with van der Waals surface area (Å²) in [6.45, 7) is 2.02. The lowest BCUT2D eigenvalue weighted by Crippen LogP contribution is -2.13. The smallest absolute Gasteiger partial charge is 0.126 e. The molecule has 0 saturated heterocycles. The molecule has 0 spiro atoms. The van der Waals surface area contributed by atoms with Crippen LogP contribution >= 0.6 is 15.9 Å². The molecule has 0 fully saturated rings. The standard InChI is InChI=1S/C14H15BrFNO/c1-2-11-4-6-14(18-11)13(17)8-9-7-10(15)3-5-12(9)16/h3-7,13H,2,8,17H2,1H3. The fourth-order valence-corrected chi connectivity index (χ4v) is 2.23. The molecule has 0 amide bonds. The first kappa shape index (κ1) is 13.3. The van der Waals surface area contributed by atoms with Gasteiger partial charge in [0, 0.05) is 10.9 Å². The van der Waals surface area contributed by atoms with Crippen molar-refractivity contribution in [3.8, 4) is 0 Å². The van der Waals surface area contributed by atoms with Gasteiger partial charge in [-0.2, -0.15) is 0 Å². The number of hydrogen-bond donors (Lipinski definition) is 1. The van der Waals surface area contributed by atoms with Gasteiger partial charge >= 0.3 is 0 Å². The number of nitrogens with two attached hydrogens (primary N) is 1. The van der Waals surface area contributed by atoms with Crippen LogP contribution in [0.4, 0.5) is 4.39 Å². The Bertz CT molecular complexity index is 538. The van der Waals surface area contributed by atoms with Crippen molar-refractivity contribution in [2.75, 3.05) is 0 Å². The van der Waals surface area contributed by atoms with Gasteiger partial charge in [-0.15, -0.1) is 0 Å². The van der Waals surface area contributed by atoms with Crippen molar-refractivity contribution in [1.82, 2.24) is 0 Å². The normalized spacial score (nSPS) is 12.7. The van der Waals surface area contributed by atoms with Crippen LogP contribution in [0.2, 0.25) is 0 Å². The van der Waals surface area contributed by atoms with Gasteiger partial charge in [-0.1, -0.05) is 22.9 Å². The Morgan fingerprint density at radius 2 is 2.11 bits per heavy atom. The molecule has 4 heteroatoms. The van der Waals surface area contributed by atoms with Crippen LogP contribution in [0.5, 0.6) is 0 Å². The van der Waals surface area contributed by atoms with Gasteiger partial charge in [-0.25, -0.2) is 4.39 Å². The Hall–Kier alpha value is -1.13. The summed E-state index contributed by atoms with van der Waals surface area (Å²) in [5, 5.41) is 0. The van der Waals surface area contributed by atoms with Crippen LogP contribution in [0, 0.1) is 5.82 Å². The molecule has 1 heterocycles. The number of halogens is 2. The number of aryl methyl sites for hydroxylation is 1. The fourth-order valence-electron chi connectivity index (χ4n) is 1.82. The number of rotatable bonds is 4. The quantitative estimate of drug-likeness (QED) is 0.927. The molecule has 1 atom stereocenters. The molecule has 96 valence electrons. The van der Waals surface area contributed by atoms with Gasteiger partial charge < -0.3 is 10.2 Å². The maximum Gasteiger partial charge on any atom is 0.126 e. The van der Waals surface area contributed by atoms with Crippen molar-refractivity contribution in [2.24, 2.45) is 5.73 Å². The Morgan fingerprint density at radius 3 is 2.78 bits per heavy atom. The molecule has 2 aromatic rings. The summed E-state index contributed by atoms with van der Waals surface area (Å²) in [5.41, 5.74) is 6.63. The van der Waals surface area contributed by atoms with E-state index in [4.69, 9.17) is 10.2 Å². The third kappa shape index (κ3) is 3.00. The largest absolute Gasteiger partial charge is 0.464 e. The van der Waals surface area contributed by atoms with Crippen molar-refractivity contribution in [3.63, 3.8) is 0 Å². The van der Waals surface area contributed by atoms with Gasteiger partial charge in [-0.3, -0.25) is 0 Å². The Balaban J connectivity index is 2.15. The highest BCUT2D eigenvalue weighted by molar-refractivity contribution is 9.10. The summed E-state index contributed by atoms with van der Waals surface area (Å²) in [7, 11) is 0. The second-order valence-electron chi connectivity index (χ2n) is 4.20. The van der Waals surface area contributed by atoms with Crippen LogP contribution in [0.15, 0.2) is 39.2 Å². The highest BCUT2D eigenvalue weighted by Gasteiger charge is 2.14. The first-order chi connectivity index (χ1) is 8.60. The van der Waals surface area contributed by atoms with Gasteiger partial charge in [0.05, 0.1) is 6.04 Å². The highest BCUT2D eigenvalue weighted by atomic mass is 79.9. The molecular formula is C14H15BrFNO. The van der Waals surface area contributed by atoms with E-state index in [2.05, 4.69) is 15.9 Å². The summed E-state index contributed by atoms with van der Waals surface area (Å²) in [4.78, 5) is 0. The summed E-state index contributed by atoms with van der Waals surface area (Å²) in [5.74, 6) is 1.36. The Labute approximate surface area is 114 Å². The van der Waals surface area contributed by atoms with E-state index in [1.54, 1.807) is 12.1 Å². The molecule has 2 N–H and O–H groups in total. The minimum absolute atomic E-state index is 0.240. The van der Waals surface area contributed by atoms with Crippen LogP contribution in [-0.4, -0.2) is 0 Å². The van der Waals surface area contributed by atoms with Crippen LogP contribution < -0.4 is 5.73 Å². The molecule has 0 bridgehead atoms. The molecule has 18 heavy (non-hydrogen) atoms. The lowest BCUT2D eigenvalue weighted by atomic mass is 10.0. The Kier molecular flexibility index (Phi) is 4.19. The molecular weight excluding hydrogens is 297 g/mol. The average Bonchev–Trinajstić information content (AvgIpc) is 2.82. The summed E-state index contributed by atoms with van der Waals surface area (Å²) >= 11 is 3.33. The molecule has 0 radical (unpaired) electrons. The fraction of sp³-hybridized carbons (Fsp3) is 0.286. The molecule has 1 aromatic carbocycles. The lowest BCUT2D eigenvalue weighted by Gasteiger charge is -2.10. The van der Waals surface area contributed by atoms with E-state index < -0.39 is 0 Å². The van der Waals surface area contributed by atoms with Crippen molar-refractivity contribution in [1.29, 1.82) is 0 Å². The number of furan rings is 1. The Morgan fingerprint density at radius 1 is 1.33 bits per heavy atom. The minimum Gasteiger partial charge on any atom is -0.464 e. The van der Waals surface area contributed by atoms with E-state index >= 15 is 0 Å². The highest BCUT2D eigenvalue weighted by Crippen LogP contribution is 2.23. The monoisotopic (exact) mass is 311 g/mol. The topological polar surface area (TPSA) is 39.2 Å². The van der Waals surface area contributed by atoms with E-state index in [9.17, 15) is 4.39 Å². The van der Waals surface area contributed by atoms with Crippen molar-refractivity contribution in [3.05, 3.63) is 57.7 Å². The van der Waals surface area contributed by atoms with E-state index in [0.29, 0.717) is 17.7 Å². The van der Waals surface area contributed by atoms with Gasteiger partial charge in [0.1, 0.15) is 17.3 Å². The van der Waals surface area contributed by atoms with Crippen LogP contribution in [0.25, 0.3) is 0 Å². The van der Waals surface area contributed by atoms with Gasteiger partial charge in [0.2, 0.25) is 0 Å². The maximum atomic E-state index is 13.6. The van der Waals surface area contributed by atoms with Gasteiger partial charge in [0.15, 0.2) is 0 Å². The van der Waals surface area contributed by atoms with Crippen LogP contribution in [-0.2, 0) is 12.8 Å². The molecule has 0 aliphatic heterocycles. The summed E-state index contributed by atoms with van der Waals surface area (Å²) in [6, 6.07) is 8.30. The molecule has 2 rings (SSSR count). The number of benzene rings is 1. The third-order valence-electron chi connectivity index (χ3n) is 2.84. The van der Waals surface area contributed by atoms with Gasteiger partial charge in [-0.05, 0) is 42.3 Å². The molecule has 2 nitrogen and oxygen atoms in total. The second kappa shape index (κ2) is 5.67. The van der Waals surface area contributed by atoms with Crippen LogP contribution in [0.3, 0.4) is 0 Å². The lowest BCUT2D eigenvalue weighted by molar-refractivity contribution is 0.432. The molecule has 1 aromatic heterocycles. The molecule has 0 aliphatic rings. The summed E-state index contributed by atoms with van der Waals surface area (Å²) in [6.07, 6.45) is 1.25. The zero-order valence-electron chi connectivity index (χ0n) is 10.1. The SMILES string of the molecule is CCc1ccc(C(N)Cc2cc(Br)ccc2F)o1. The maximum absolute atomic E-state index is 13.6. The predicted molar refractivity (Wildman–Crippen MR) is 72.8 cm³/mol. The van der Waals surface area contributed by atoms with E-state index in [1.807, 2.05) is 19.1 Å². The molecule has 0 saturated carbocycles. The average molecular weight is 312 g/mol. The molecule has 1 unspecified atom stereocenters. The van der Waals surface area contributed by atoms with E-state index in [0.717, 1.165) is 16.7 Å². The van der Waals surface area contributed by atoms with Crippen molar-refractivity contribution >= 4 is 15.9 Å². The van der Waals surface area contributed by atoms with E-state index in [1.165, 1.54) is 6.07 Å². The first-order valence-corrected chi connectivity index (χ1v) is 6.67. The minimum atomic E-state index is -0.325. The van der Waals surface area contributed by atoms with Gasteiger partial charge in [0.25, 0.3) is 0 Å². The summed E-state index contributed by atoms with van der Waals surface area (Å²) < 4.78 is 20.0. The third-order valence-corrected chi connectivity index (χ3v) is 3.34. The molecule has 0 aliphatic carbocycles. The second-order valence-corrected chi connectivity index (χ2v) is 5.12. The van der Waals surface area contributed by atoms with E-state index in [-0.39, 0.29) is 11.9 Å². The zero-order valence-corrected chi connectivity index (χ0v) is 11.7.